The quantitative estimate of drug-likeness (QED) is 0.759. The summed E-state index contributed by atoms with van der Waals surface area (Å²) in [5.74, 6) is 0. The number of nitrogens with two attached hydrogens (primary N) is 1. The second-order valence-corrected chi connectivity index (χ2v) is 6.75. The molecule has 1 rings (SSSR count). The van der Waals surface area contributed by atoms with Crippen LogP contribution in [-0.4, -0.2) is 48.7 Å². The number of rotatable bonds is 7. The van der Waals surface area contributed by atoms with Crippen LogP contribution >= 0.6 is 0 Å². The Labute approximate surface area is 112 Å². The van der Waals surface area contributed by atoms with Crippen molar-refractivity contribution in [2.45, 2.75) is 52.0 Å². The van der Waals surface area contributed by atoms with E-state index in [0.717, 1.165) is 25.7 Å². The van der Waals surface area contributed by atoms with E-state index in [2.05, 4.69) is 0 Å². The molecule has 0 radical (unpaired) electrons. The lowest BCUT2D eigenvalue weighted by Crippen LogP contribution is -2.58. The molecule has 0 spiro atoms. The van der Waals surface area contributed by atoms with Crippen molar-refractivity contribution >= 4 is 10.2 Å². The highest BCUT2D eigenvalue weighted by Crippen LogP contribution is 2.36. The van der Waals surface area contributed by atoms with Crippen molar-refractivity contribution in [3.05, 3.63) is 0 Å². The lowest BCUT2D eigenvalue weighted by atomic mass is 9.98. The monoisotopic (exact) mass is 277 g/mol. The highest BCUT2D eigenvalue weighted by molar-refractivity contribution is 7.86. The van der Waals surface area contributed by atoms with Crippen molar-refractivity contribution in [2.75, 3.05) is 26.2 Å². The van der Waals surface area contributed by atoms with Gasteiger partial charge in [-0.2, -0.15) is 17.0 Å². The molecule has 108 valence electrons. The van der Waals surface area contributed by atoms with E-state index in [1.165, 1.54) is 4.31 Å². The van der Waals surface area contributed by atoms with Crippen molar-refractivity contribution in [1.29, 1.82) is 0 Å². The number of hydrogen-bond acceptors (Lipinski definition) is 3. The van der Waals surface area contributed by atoms with Gasteiger partial charge in [0.2, 0.25) is 0 Å². The second-order valence-electron chi connectivity index (χ2n) is 4.89. The summed E-state index contributed by atoms with van der Waals surface area (Å²) in [5, 5.41) is 0. The summed E-state index contributed by atoms with van der Waals surface area (Å²) < 4.78 is 28.5. The fourth-order valence-electron chi connectivity index (χ4n) is 3.02. The second kappa shape index (κ2) is 6.32. The summed E-state index contributed by atoms with van der Waals surface area (Å²) in [6.45, 7) is 7.58. The van der Waals surface area contributed by atoms with Crippen molar-refractivity contribution in [1.82, 2.24) is 8.61 Å². The fourth-order valence-corrected chi connectivity index (χ4v) is 5.03. The number of nitrogens with zero attached hydrogens (tertiary/aromatic N) is 2. The fraction of sp³-hybridized carbons (Fsp3) is 1.00. The van der Waals surface area contributed by atoms with Gasteiger partial charge in [-0.3, -0.25) is 0 Å². The molecule has 1 aliphatic rings. The summed E-state index contributed by atoms with van der Waals surface area (Å²) in [5.41, 5.74) is 5.55. The Kier molecular flexibility index (Phi) is 5.58. The maximum Gasteiger partial charge on any atom is 0.282 e. The third kappa shape index (κ3) is 2.71. The predicted octanol–water partition coefficient (Wildman–Crippen LogP) is 1.17. The maximum absolute atomic E-state index is 12.7. The van der Waals surface area contributed by atoms with Crippen LogP contribution in [0.4, 0.5) is 0 Å². The first-order valence-corrected chi connectivity index (χ1v) is 8.36. The Bertz CT molecular complexity index is 346. The summed E-state index contributed by atoms with van der Waals surface area (Å²) in [6.07, 6.45) is 3.92. The highest BCUT2D eigenvalue weighted by Gasteiger charge is 2.45. The van der Waals surface area contributed by atoms with Crippen molar-refractivity contribution < 1.29 is 8.42 Å². The van der Waals surface area contributed by atoms with E-state index in [-0.39, 0.29) is 5.54 Å². The topological polar surface area (TPSA) is 66.6 Å². The Hall–Kier alpha value is -0.170. The van der Waals surface area contributed by atoms with Gasteiger partial charge in [0.1, 0.15) is 0 Å². The third-order valence-corrected chi connectivity index (χ3v) is 6.41. The van der Waals surface area contributed by atoms with Gasteiger partial charge >= 0.3 is 0 Å². The van der Waals surface area contributed by atoms with E-state index in [9.17, 15) is 8.42 Å². The van der Waals surface area contributed by atoms with Crippen LogP contribution in [0.15, 0.2) is 0 Å². The molecule has 0 unspecified atom stereocenters. The van der Waals surface area contributed by atoms with Gasteiger partial charge < -0.3 is 5.73 Å². The molecular formula is C12H27N3O2S. The Morgan fingerprint density at radius 1 is 1.06 bits per heavy atom. The van der Waals surface area contributed by atoms with Gasteiger partial charge in [0.15, 0.2) is 0 Å². The maximum atomic E-state index is 12.7. The van der Waals surface area contributed by atoms with Gasteiger partial charge in [0.25, 0.3) is 10.2 Å². The van der Waals surface area contributed by atoms with Crippen LogP contribution in [0.2, 0.25) is 0 Å². The Morgan fingerprint density at radius 3 is 1.89 bits per heavy atom. The van der Waals surface area contributed by atoms with Crippen LogP contribution in [0.5, 0.6) is 0 Å². The summed E-state index contributed by atoms with van der Waals surface area (Å²) in [6, 6.07) is 0. The van der Waals surface area contributed by atoms with E-state index >= 15 is 0 Å². The first-order valence-electron chi connectivity index (χ1n) is 6.96. The minimum absolute atomic E-state index is 0.351. The predicted molar refractivity (Wildman–Crippen MR) is 74.5 cm³/mol. The molecule has 18 heavy (non-hydrogen) atoms. The zero-order valence-electron chi connectivity index (χ0n) is 11.9. The smallest absolute Gasteiger partial charge is 0.282 e. The molecule has 5 nitrogen and oxygen atoms in total. The van der Waals surface area contributed by atoms with Crippen LogP contribution in [0.3, 0.4) is 0 Å². The molecule has 6 heteroatoms. The van der Waals surface area contributed by atoms with E-state index in [1.807, 2.05) is 20.8 Å². The molecule has 0 bridgehead atoms. The largest absolute Gasteiger partial charge is 0.329 e. The highest BCUT2D eigenvalue weighted by atomic mass is 32.2. The van der Waals surface area contributed by atoms with Crippen molar-refractivity contribution in [2.24, 2.45) is 5.73 Å². The molecule has 0 saturated heterocycles. The minimum atomic E-state index is -3.38. The molecule has 2 N–H and O–H groups in total. The van der Waals surface area contributed by atoms with E-state index < -0.39 is 10.2 Å². The zero-order valence-corrected chi connectivity index (χ0v) is 12.7. The molecule has 0 aromatic rings. The van der Waals surface area contributed by atoms with Crippen LogP contribution in [0.25, 0.3) is 0 Å². The summed E-state index contributed by atoms with van der Waals surface area (Å²) >= 11 is 0. The molecule has 0 aromatic carbocycles. The SMILES string of the molecule is CCN(CC)S(=O)(=O)N(CC)C1(CN)CCCC1. The lowest BCUT2D eigenvalue weighted by Gasteiger charge is -2.41. The molecule has 0 aliphatic heterocycles. The molecular weight excluding hydrogens is 250 g/mol. The van der Waals surface area contributed by atoms with Gasteiger partial charge in [-0.1, -0.05) is 33.6 Å². The van der Waals surface area contributed by atoms with Crippen LogP contribution in [0.1, 0.15) is 46.5 Å². The molecule has 1 saturated carbocycles. The lowest BCUT2D eigenvalue weighted by molar-refractivity contribution is 0.190. The van der Waals surface area contributed by atoms with Gasteiger partial charge in [0.05, 0.1) is 0 Å². The summed E-state index contributed by atoms with van der Waals surface area (Å²) in [4.78, 5) is 0. The van der Waals surface area contributed by atoms with Crippen molar-refractivity contribution in [3.63, 3.8) is 0 Å². The van der Waals surface area contributed by atoms with Gasteiger partial charge in [-0.05, 0) is 12.8 Å². The number of hydrogen-bond donors (Lipinski definition) is 1. The van der Waals surface area contributed by atoms with E-state index in [1.54, 1.807) is 4.31 Å². The molecule has 0 aromatic heterocycles. The molecule has 1 aliphatic carbocycles. The van der Waals surface area contributed by atoms with Gasteiger partial charge in [-0.15, -0.1) is 0 Å². The van der Waals surface area contributed by atoms with Crippen LogP contribution in [-0.2, 0) is 10.2 Å². The van der Waals surface area contributed by atoms with Crippen LogP contribution in [0, 0.1) is 0 Å². The Morgan fingerprint density at radius 2 is 1.56 bits per heavy atom. The number of likely N-dealkylation sites (N-methyl/N-ethyl adjacent to an activating group) is 1. The van der Waals surface area contributed by atoms with Crippen LogP contribution < -0.4 is 5.73 Å². The van der Waals surface area contributed by atoms with Gasteiger partial charge in [-0.25, -0.2) is 0 Å². The molecule has 0 atom stereocenters. The van der Waals surface area contributed by atoms with Gasteiger partial charge in [0, 0.05) is 31.7 Å². The minimum Gasteiger partial charge on any atom is -0.329 e. The summed E-state index contributed by atoms with van der Waals surface area (Å²) in [7, 11) is -3.38. The first kappa shape index (κ1) is 15.9. The first-order chi connectivity index (χ1) is 8.48. The van der Waals surface area contributed by atoms with Crippen molar-refractivity contribution in [3.8, 4) is 0 Å². The molecule has 0 heterocycles. The Balaban J connectivity index is 3.08. The normalized spacial score (nSPS) is 19.9. The molecule has 1 fully saturated rings. The average molecular weight is 277 g/mol. The van der Waals surface area contributed by atoms with E-state index in [0.29, 0.717) is 26.2 Å². The molecule has 0 amide bonds. The van der Waals surface area contributed by atoms with E-state index in [4.69, 9.17) is 5.73 Å². The average Bonchev–Trinajstić information content (AvgIpc) is 2.80. The zero-order chi connectivity index (χ0) is 13.8. The standard InChI is InChI=1S/C12H27N3O2S/c1-4-14(5-2)18(16,17)15(6-3)12(11-13)9-7-8-10-12/h4-11,13H2,1-3H3. The third-order valence-electron chi connectivity index (χ3n) is 4.04.